The van der Waals surface area contributed by atoms with Crippen LogP contribution in [-0.2, 0) is 14.3 Å². The SMILES string of the molecule is NC(N)=NCCCCCCNC(=O)COC(=O)NCCCC(=O)O. The van der Waals surface area contributed by atoms with Gasteiger partial charge in [0.15, 0.2) is 12.6 Å². The Bertz CT molecular complexity index is 424. The summed E-state index contributed by atoms with van der Waals surface area (Å²) in [5.74, 6) is -1.22. The molecule has 0 aromatic heterocycles. The van der Waals surface area contributed by atoms with Gasteiger partial charge < -0.3 is 31.9 Å². The van der Waals surface area contributed by atoms with E-state index in [9.17, 15) is 14.4 Å². The van der Waals surface area contributed by atoms with E-state index in [2.05, 4.69) is 15.6 Å². The molecule has 138 valence electrons. The standard InChI is InChI=1S/C14H27N5O5/c15-13(16)18-8-4-2-1-3-7-17-11(20)10-24-14(23)19-9-5-6-12(21)22/h1-10H2,(H,17,20)(H,19,23)(H,21,22)(H4,15,16,18). The van der Waals surface area contributed by atoms with Gasteiger partial charge in [0.2, 0.25) is 0 Å². The summed E-state index contributed by atoms with van der Waals surface area (Å²) < 4.78 is 4.70. The molecule has 0 saturated carbocycles. The van der Waals surface area contributed by atoms with E-state index in [-0.39, 0.29) is 31.4 Å². The minimum Gasteiger partial charge on any atom is -0.481 e. The van der Waals surface area contributed by atoms with Crippen LogP contribution in [0.15, 0.2) is 4.99 Å². The lowest BCUT2D eigenvalue weighted by Gasteiger charge is -2.07. The number of hydrogen-bond donors (Lipinski definition) is 5. The van der Waals surface area contributed by atoms with Crippen molar-refractivity contribution in [2.24, 2.45) is 16.5 Å². The Morgan fingerprint density at radius 3 is 2.29 bits per heavy atom. The van der Waals surface area contributed by atoms with Crippen LogP contribution in [0.1, 0.15) is 38.5 Å². The predicted molar refractivity (Wildman–Crippen MR) is 88.4 cm³/mol. The summed E-state index contributed by atoms with van der Waals surface area (Å²) >= 11 is 0. The zero-order valence-electron chi connectivity index (χ0n) is 13.8. The number of carbonyl (C=O) groups excluding carboxylic acids is 2. The van der Waals surface area contributed by atoms with Gasteiger partial charge in [-0.2, -0.15) is 0 Å². The lowest BCUT2D eigenvalue weighted by molar-refractivity contribution is -0.137. The summed E-state index contributed by atoms with van der Waals surface area (Å²) in [4.78, 5) is 36.8. The minimum absolute atomic E-state index is 0.0350. The quantitative estimate of drug-likeness (QED) is 0.171. The number of guanidine groups is 1. The third-order valence-corrected chi connectivity index (χ3v) is 2.87. The topological polar surface area (TPSA) is 169 Å². The predicted octanol–water partition coefficient (Wildman–Crippen LogP) is -0.473. The van der Waals surface area contributed by atoms with E-state index in [1.165, 1.54) is 0 Å². The molecule has 0 radical (unpaired) electrons. The molecule has 10 nitrogen and oxygen atoms in total. The highest BCUT2D eigenvalue weighted by molar-refractivity contribution is 5.80. The molecule has 10 heteroatoms. The van der Waals surface area contributed by atoms with Gasteiger partial charge in [0.25, 0.3) is 5.91 Å². The van der Waals surface area contributed by atoms with E-state index in [0.29, 0.717) is 19.5 Å². The van der Waals surface area contributed by atoms with Crippen molar-refractivity contribution in [3.05, 3.63) is 0 Å². The highest BCUT2D eigenvalue weighted by atomic mass is 16.6. The zero-order valence-corrected chi connectivity index (χ0v) is 13.8. The van der Waals surface area contributed by atoms with Gasteiger partial charge in [-0.3, -0.25) is 14.6 Å². The van der Waals surface area contributed by atoms with Crippen LogP contribution in [0.25, 0.3) is 0 Å². The number of unbranched alkanes of at least 4 members (excludes halogenated alkanes) is 3. The molecule has 0 saturated heterocycles. The van der Waals surface area contributed by atoms with E-state index in [0.717, 1.165) is 25.7 Å². The highest BCUT2D eigenvalue weighted by Crippen LogP contribution is 1.99. The van der Waals surface area contributed by atoms with Gasteiger partial charge in [0.1, 0.15) is 0 Å². The number of carbonyl (C=O) groups is 3. The van der Waals surface area contributed by atoms with Crippen LogP contribution < -0.4 is 22.1 Å². The summed E-state index contributed by atoms with van der Waals surface area (Å²) in [6.07, 6.45) is 3.13. The largest absolute Gasteiger partial charge is 0.481 e. The molecule has 0 atom stereocenters. The lowest BCUT2D eigenvalue weighted by atomic mass is 10.2. The van der Waals surface area contributed by atoms with Crippen LogP contribution in [0, 0.1) is 0 Å². The second-order valence-electron chi connectivity index (χ2n) is 5.07. The van der Waals surface area contributed by atoms with Crippen molar-refractivity contribution in [1.29, 1.82) is 0 Å². The first-order valence-electron chi connectivity index (χ1n) is 7.86. The monoisotopic (exact) mass is 345 g/mol. The van der Waals surface area contributed by atoms with Crippen molar-refractivity contribution in [2.45, 2.75) is 38.5 Å². The number of nitrogens with two attached hydrogens (primary N) is 2. The molecule has 7 N–H and O–H groups in total. The number of nitrogens with zero attached hydrogens (tertiary/aromatic N) is 1. The van der Waals surface area contributed by atoms with Crippen LogP contribution in [0.5, 0.6) is 0 Å². The summed E-state index contributed by atoms with van der Waals surface area (Å²) in [6, 6.07) is 0. The second-order valence-corrected chi connectivity index (χ2v) is 5.07. The summed E-state index contributed by atoms with van der Waals surface area (Å²) in [5.41, 5.74) is 10.4. The first-order valence-corrected chi connectivity index (χ1v) is 7.86. The second kappa shape index (κ2) is 14.1. The third kappa shape index (κ3) is 15.9. The molecule has 0 aromatic carbocycles. The average Bonchev–Trinajstić information content (AvgIpc) is 2.51. The molecule has 0 aliphatic carbocycles. The van der Waals surface area contributed by atoms with Crippen molar-refractivity contribution >= 4 is 23.9 Å². The maximum absolute atomic E-state index is 11.4. The van der Waals surface area contributed by atoms with Gasteiger partial charge in [-0.05, 0) is 19.3 Å². The van der Waals surface area contributed by atoms with Gasteiger partial charge in [0.05, 0.1) is 0 Å². The zero-order chi connectivity index (χ0) is 18.2. The van der Waals surface area contributed by atoms with Crippen LogP contribution in [-0.4, -0.2) is 55.3 Å². The molecule has 0 aromatic rings. The van der Waals surface area contributed by atoms with Gasteiger partial charge in [-0.15, -0.1) is 0 Å². The van der Waals surface area contributed by atoms with Crippen molar-refractivity contribution in [1.82, 2.24) is 10.6 Å². The van der Waals surface area contributed by atoms with Crippen molar-refractivity contribution < 1.29 is 24.2 Å². The number of nitrogens with one attached hydrogen (secondary N) is 2. The number of rotatable bonds is 13. The van der Waals surface area contributed by atoms with E-state index < -0.39 is 12.1 Å². The van der Waals surface area contributed by atoms with E-state index in [4.69, 9.17) is 21.3 Å². The molecule has 0 rings (SSSR count). The maximum Gasteiger partial charge on any atom is 0.407 e. The van der Waals surface area contributed by atoms with Crippen molar-refractivity contribution in [3.8, 4) is 0 Å². The number of carboxylic acid groups (broad SMARTS) is 1. The molecule has 0 heterocycles. The highest BCUT2D eigenvalue weighted by Gasteiger charge is 2.06. The summed E-state index contributed by atoms with van der Waals surface area (Å²) in [6.45, 7) is 0.927. The number of amides is 2. The Hall–Kier alpha value is -2.52. The molecule has 2 amide bonds. The van der Waals surface area contributed by atoms with Crippen LogP contribution in [0.4, 0.5) is 4.79 Å². The van der Waals surface area contributed by atoms with Crippen molar-refractivity contribution in [3.63, 3.8) is 0 Å². The minimum atomic E-state index is -0.930. The van der Waals surface area contributed by atoms with Gasteiger partial charge in [-0.1, -0.05) is 12.8 Å². The molecule has 0 aliphatic rings. The number of alkyl carbamates (subject to hydrolysis) is 1. The number of aliphatic carboxylic acids is 1. The fraction of sp³-hybridized carbons (Fsp3) is 0.714. The van der Waals surface area contributed by atoms with Gasteiger partial charge in [0, 0.05) is 26.1 Å². The van der Waals surface area contributed by atoms with Gasteiger partial charge in [-0.25, -0.2) is 4.79 Å². The number of carboxylic acids is 1. The summed E-state index contributed by atoms with van der Waals surface area (Å²) in [7, 11) is 0. The Balaban J connectivity index is 3.44. The lowest BCUT2D eigenvalue weighted by Crippen LogP contribution is -2.33. The average molecular weight is 345 g/mol. The van der Waals surface area contributed by atoms with Crippen molar-refractivity contribution in [2.75, 3.05) is 26.2 Å². The molecular formula is C14H27N5O5. The smallest absolute Gasteiger partial charge is 0.407 e. The number of aliphatic imine (C=N–C) groups is 1. The fourth-order valence-electron chi connectivity index (χ4n) is 1.69. The first kappa shape index (κ1) is 21.5. The molecule has 0 aliphatic heterocycles. The normalized spacial score (nSPS) is 9.83. The Labute approximate surface area is 141 Å². The van der Waals surface area contributed by atoms with Crippen LogP contribution in [0.3, 0.4) is 0 Å². The fourth-order valence-corrected chi connectivity index (χ4v) is 1.69. The van der Waals surface area contributed by atoms with Crippen LogP contribution >= 0.6 is 0 Å². The molecule has 0 fully saturated rings. The molecule has 0 bridgehead atoms. The first-order chi connectivity index (χ1) is 11.4. The molecule has 0 unspecified atom stereocenters. The van der Waals surface area contributed by atoms with E-state index in [1.54, 1.807) is 0 Å². The van der Waals surface area contributed by atoms with E-state index in [1.807, 2.05) is 0 Å². The summed E-state index contributed by atoms with van der Waals surface area (Å²) in [5, 5.41) is 13.4. The molecular weight excluding hydrogens is 318 g/mol. The maximum atomic E-state index is 11.4. The number of hydrogen-bond acceptors (Lipinski definition) is 5. The Morgan fingerprint density at radius 2 is 1.62 bits per heavy atom. The van der Waals surface area contributed by atoms with E-state index >= 15 is 0 Å². The van der Waals surface area contributed by atoms with Crippen LogP contribution in [0.2, 0.25) is 0 Å². The third-order valence-electron chi connectivity index (χ3n) is 2.87. The molecule has 24 heavy (non-hydrogen) atoms. The Kier molecular flexibility index (Phi) is 12.6. The number of ether oxygens (including phenoxy) is 1. The van der Waals surface area contributed by atoms with Gasteiger partial charge >= 0.3 is 12.1 Å². The Morgan fingerprint density at radius 1 is 0.958 bits per heavy atom. The molecule has 0 spiro atoms.